The molecule has 11 nitrogen and oxygen atoms in total. The van der Waals surface area contributed by atoms with Gasteiger partial charge in [-0.2, -0.15) is 0 Å². The second kappa shape index (κ2) is 11.0. The van der Waals surface area contributed by atoms with Crippen LogP contribution in [0.1, 0.15) is 20.3 Å². The monoisotopic (exact) mass is 472 g/mol. The number of hydrogen-bond donors (Lipinski definition) is 1. The molecule has 0 atom stereocenters. The predicted octanol–water partition coefficient (Wildman–Crippen LogP) is 1.19. The summed E-state index contributed by atoms with van der Waals surface area (Å²) in [5, 5.41) is 2.86. The summed E-state index contributed by atoms with van der Waals surface area (Å²) in [5.74, 6) is 1.02. The van der Waals surface area contributed by atoms with Gasteiger partial charge in [-0.15, -0.1) is 0 Å². The van der Waals surface area contributed by atoms with E-state index >= 15 is 0 Å². The molecule has 3 aromatic rings. The quantitative estimate of drug-likeness (QED) is 0.446. The molecule has 3 rings (SSSR count). The highest BCUT2D eigenvalue weighted by atomic mass is 16.5. The summed E-state index contributed by atoms with van der Waals surface area (Å²) in [6, 6.07) is 5.27. The average molecular weight is 473 g/mol. The molecule has 1 amide bonds. The number of nitrogens with one attached hydrogen (secondary N) is 1. The summed E-state index contributed by atoms with van der Waals surface area (Å²) in [6.45, 7) is 5.71. The van der Waals surface area contributed by atoms with Crippen LogP contribution in [0.5, 0.6) is 11.5 Å². The third-order valence-corrected chi connectivity index (χ3v) is 5.36. The zero-order valence-electron chi connectivity index (χ0n) is 20.3. The van der Waals surface area contributed by atoms with Crippen LogP contribution in [-0.2, 0) is 25.4 Å². The molecular formula is C23H32N6O5. The molecule has 1 aromatic carbocycles. The Morgan fingerprint density at radius 1 is 1.12 bits per heavy atom. The van der Waals surface area contributed by atoms with E-state index in [1.54, 1.807) is 36.9 Å². The lowest BCUT2D eigenvalue weighted by molar-refractivity contribution is -0.117. The lowest BCUT2D eigenvalue weighted by Gasteiger charge is -2.17. The minimum atomic E-state index is -0.405. The molecule has 2 aromatic heterocycles. The molecule has 0 spiro atoms. The summed E-state index contributed by atoms with van der Waals surface area (Å²) in [5.41, 5.74) is 0.599. The van der Waals surface area contributed by atoms with Gasteiger partial charge in [0.15, 0.2) is 22.7 Å². The third kappa shape index (κ3) is 5.48. The van der Waals surface area contributed by atoms with Crippen molar-refractivity contribution in [1.82, 2.24) is 23.6 Å². The van der Waals surface area contributed by atoms with Crippen molar-refractivity contribution in [1.29, 1.82) is 0 Å². The van der Waals surface area contributed by atoms with Crippen molar-refractivity contribution in [2.75, 3.05) is 38.7 Å². The summed E-state index contributed by atoms with van der Waals surface area (Å²) < 4.78 is 15.3. The largest absolute Gasteiger partial charge is 0.490 e. The number of aryl methyl sites for hydroxylation is 2. The number of anilines is 1. The Hall–Kier alpha value is -3.60. The van der Waals surface area contributed by atoms with Crippen LogP contribution in [0, 0.1) is 0 Å². The number of rotatable bonds is 11. The van der Waals surface area contributed by atoms with E-state index in [2.05, 4.69) is 10.3 Å². The molecule has 184 valence electrons. The van der Waals surface area contributed by atoms with Gasteiger partial charge >= 0.3 is 5.69 Å². The van der Waals surface area contributed by atoms with Crippen LogP contribution < -0.4 is 26.0 Å². The fourth-order valence-electron chi connectivity index (χ4n) is 3.75. The third-order valence-electron chi connectivity index (χ3n) is 5.36. The van der Waals surface area contributed by atoms with Crippen LogP contribution in [0.4, 0.5) is 5.69 Å². The Kier molecular flexibility index (Phi) is 8.11. The zero-order chi connectivity index (χ0) is 24.8. The van der Waals surface area contributed by atoms with E-state index in [4.69, 9.17) is 9.47 Å². The molecule has 0 radical (unpaired) electrons. The van der Waals surface area contributed by atoms with Gasteiger partial charge < -0.3 is 19.4 Å². The van der Waals surface area contributed by atoms with E-state index in [1.807, 2.05) is 25.8 Å². The summed E-state index contributed by atoms with van der Waals surface area (Å²) in [6.07, 6.45) is 2.05. The Bertz CT molecular complexity index is 1280. The highest BCUT2D eigenvalue weighted by molar-refractivity contribution is 5.92. The highest BCUT2D eigenvalue weighted by Gasteiger charge is 2.15. The smallest absolute Gasteiger partial charge is 0.332 e. The van der Waals surface area contributed by atoms with Crippen LogP contribution in [0.15, 0.2) is 34.1 Å². The Morgan fingerprint density at radius 2 is 1.82 bits per heavy atom. The number of carbonyl (C=O) groups is 1. The molecule has 2 heterocycles. The molecule has 0 unspecified atom stereocenters. The van der Waals surface area contributed by atoms with Gasteiger partial charge in [0, 0.05) is 38.9 Å². The molecule has 0 fully saturated rings. The van der Waals surface area contributed by atoms with Crippen LogP contribution in [0.3, 0.4) is 0 Å². The van der Waals surface area contributed by atoms with Gasteiger partial charge in [-0.1, -0.05) is 0 Å². The van der Waals surface area contributed by atoms with Gasteiger partial charge in [0.25, 0.3) is 5.56 Å². The fourth-order valence-corrected chi connectivity index (χ4v) is 3.75. The second-order valence-electron chi connectivity index (χ2n) is 7.99. The van der Waals surface area contributed by atoms with Crippen molar-refractivity contribution in [2.24, 2.45) is 14.1 Å². The van der Waals surface area contributed by atoms with E-state index in [-0.39, 0.29) is 24.6 Å². The second-order valence-corrected chi connectivity index (χ2v) is 7.99. The predicted molar refractivity (Wildman–Crippen MR) is 130 cm³/mol. The maximum Gasteiger partial charge on any atom is 0.332 e. The number of hydrogen-bond acceptors (Lipinski definition) is 7. The fraction of sp³-hybridized carbons (Fsp3) is 0.478. The van der Waals surface area contributed by atoms with E-state index < -0.39 is 5.69 Å². The van der Waals surface area contributed by atoms with E-state index in [0.29, 0.717) is 54.5 Å². The standard InChI is InChI=1S/C23H32N6O5/c1-6-33-17-10-9-16(13-18(17)34-7-2)25-19(30)14-26(3)11-8-12-29-22(31)20-21(24-15-27(20)4)28(5)23(29)32/h9-10,13,15H,6-8,11-12,14H2,1-5H3,(H,25,30). The van der Waals surface area contributed by atoms with Crippen molar-refractivity contribution < 1.29 is 14.3 Å². The minimum Gasteiger partial charge on any atom is -0.490 e. The van der Waals surface area contributed by atoms with Crippen molar-refractivity contribution in [2.45, 2.75) is 26.8 Å². The first kappa shape index (κ1) is 25.0. The number of likely N-dealkylation sites (N-methyl/N-ethyl adjacent to an activating group) is 1. The summed E-state index contributed by atoms with van der Waals surface area (Å²) in [4.78, 5) is 43.8. The van der Waals surface area contributed by atoms with E-state index in [1.165, 1.54) is 15.5 Å². The number of nitrogens with zero attached hydrogens (tertiary/aromatic N) is 5. The van der Waals surface area contributed by atoms with Gasteiger partial charge in [0.1, 0.15) is 0 Å². The van der Waals surface area contributed by atoms with Crippen LogP contribution in [0.2, 0.25) is 0 Å². The first-order chi connectivity index (χ1) is 16.3. The summed E-state index contributed by atoms with van der Waals surface area (Å²) >= 11 is 0. The molecule has 0 saturated heterocycles. The van der Waals surface area contributed by atoms with Gasteiger partial charge in [0.2, 0.25) is 5.91 Å². The lowest BCUT2D eigenvalue weighted by Crippen LogP contribution is -2.40. The molecule has 0 aliphatic rings. The molecule has 11 heteroatoms. The highest BCUT2D eigenvalue weighted by Crippen LogP contribution is 2.30. The van der Waals surface area contributed by atoms with Crippen molar-refractivity contribution in [3.63, 3.8) is 0 Å². The normalized spacial score (nSPS) is 11.2. The number of fused-ring (bicyclic) bond motifs is 1. The molecule has 34 heavy (non-hydrogen) atoms. The van der Waals surface area contributed by atoms with Crippen molar-refractivity contribution in [3.8, 4) is 11.5 Å². The van der Waals surface area contributed by atoms with Gasteiger partial charge in [0.05, 0.1) is 26.1 Å². The van der Waals surface area contributed by atoms with Crippen LogP contribution in [0.25, 0.3) is 11.2 Å². The number of carbonyl (C=O) groups excluding carboxylic acids is 1. The SMILES string of the molecule is CCOc1ccc(NC(=O)CN(C)CCCn2c(=O)c3c(ncn3C)n(C)c2=O)cc1OCC. The number of aromatic nitrogens is 4. The number of imidazole rings is 1. The molecule has 0 aliphatic heterocycles. The average Bonchev–Trinajstić information content (AvgIpc) is 3.18. The maximum absolute atomic E-state index is 12.8. The number of benzene rings is 1. The first-order valence-corrected chi connectivity index (χ1v) is 11.3. The Labute approximate surface area is 197 Å². The Balaban J connectivity index is 1.58. The summed E-state index contributed by atoms with van der Waals surface area (Å²) in [7, 11) is 5.14. The van der Waals surface area contributed by atoms with Crippen LogP contribution >= 0.6 is 0 Å². The molecule has 0 saturated carbocycles. The van der Waals surface area contributed by atoms with Gasteiger partial charge in [-0.3, -0.25) is 23.6 Å². The van der Waals surface area contributed by atoms with Gasteiger partial charge in [-0.05, 0) is 39.4 Å². The number of ether oxygens (including phenoxy) is 2. The van der Waals surface area contributed by atoms with Crippen molar-refractivity contribution >= 4 is 22.8 Å². The number of amides is 1. The van der Waals surface area contributed by atoms with Crippen LogP contribution in [-0.4, -0.2) is 62.8 Å². The molecule has 0 aliphatic carbocycles. The maximum atomic E-state index is 12.8. The van der Waals surface area contributed by atoms with E-state index in [0.717, 1.165) is 0 Å². The topological polar surface area (TPSA) is 113 Å². The molecular weight excluding hydrogens is 440 g/mol. The first-order valence-electron chi connectivity index (χ1n) is 11.3. The minimum absolute atomic E-state index is 0.158. The van der Waals surface area contributed by atoms with Crippen molar-refractivity contribution in [3.05, 3.63) is 45.4 Å². The molecule has 0 bridgehead atoms. The zero-order valence-corrected chi connectivity index (χ0v) is 20.3. The van der Waals surface area contributed by atoms with E-state index in [9.17, 15) is 14.4 Å². The lowest BCUT2D eigenvalue weighted by atomic mass is 10.2. The van der Waals surface area contributed by atoms with Gasteiger partial charge in [-0.25, -0.2) is 9.78 Å². The Morgan fingerprint density at radius 3 is 2.53 bits per heavy atom. The molecule has 1 N–H and O–H groups in total.